The van der Waals surface area contributed by atoms with Crippen LogP contribution < -0.4 is 22.1 Å². The highest BCUT2D eigenvalue weighted by atomic mass is 32.2. The van der Waals surface area contributed by atoms with Gasteiger partial charge in [0.2, 0.25) is 5.91 Å². The Bertz CT molecular complexity index is 1490. The van der Waals surface area contributed by atoms with E-state index < -0.39 is 23.0 Å². The zero-order chi connectivity index (χ0) is 36.1. The van der Waals surface area contributed by atoms with Crippen LogP contribution in [0.5, 0.6) is 0 Å². The summed E-state index contributed by atoms with van der Waals surface area (Å²) in [6, 6.07) is 15.9. The summed E-state index contributed by atoms with van der Waals surface area (Å²) in [5.74, 6) is -0.146. The molecule has 0 spiro atoms. The molecule has 0 radical (unpaired) electrons. The predicted octanol–water partition coefficient (Wildman–Crippen LogP) is 4.76. The maximum atomic E-state index is 13.8. The molecule has 2 bridgehead atoms. The molecule has 2 aromatic rings. The van der Waals surface area contributed by atoms with Crippen molar-refractivity contribution in [3.63, 3.8) is 0 Å². The van der Waals surface area contributed by atoms with Crippen LogP contribution in [-0.4, -0.2) is 60.4 Å². The number of aliphatic hydroxyl groups excluding tert-OH is 1. The highest BCUT2D eigenvalue weighted by molar-refractivity contribution is 8.00. The first kappa shape index (κ1) is 38.5. The number of ether oxygens (including phenoxy) is 1. The Morgan fingerprint density at radius 3 is 2.36 bits per heavy atom. The molecule has 0 heterocycles. The lowest BCUT2D eigenvalue weighted by atomic mass is 9.44. The SMILES string of the molecule is C[C@@H]1CC[C@@]23CCC(=O)[C@H]2[C@]1(C)[C@H](OC(=O)CSc1ccc(CC(=O)NCCCN)cc1)C[C@](C)(CNCc1ccc(CN)cc1)[C@@H](O)[C@@H]3C. The number of esters is 1. The van der Waals surface area contributed by atoms with Crippen LogP contribution in [0.25, 0.3) is 0 Å². The first-order chi connectivity index (χ1) is 23.9. The number of nitrogens with one attached hydrogen (secondary N) is 2. The molecule has 0 aromatic heterocycles. The van der Waals surface area contributed by atoms with Gasteiger partial charge in [0.05, 0.1) is 18.3 Å². The molecule has 5 rings (SSSR count). The van der Waals surface area contributed by atoms with E-state index in [4.69, 9.17) is 16.2 Å². The summed E-state index contributed by atoms with van der Waals surface area (Å²) in [7, 11) is 0. The summed E-state index contributed by atoms with van der Waals surface area (Å²) >= 11 is 1.40. The number of benzene rings is 2. The van der Waals surface area contributed by atoms with E-state index in [0.717, 1.165) is 47.3 Å². The fourth-order valence-corrected chi connectivity index (χ4v) is 10.1. The van der Waals surface area contributed by atoms with E-state index in [1.807, 2.05) is 36.4 Å². The molecule has 3 fully saturated rings. The fraction of sp³-hybridized carbons (Fsp3) is 0.625. The van der Waals surface area contributed by atoms with Crippen LogP contribution >= 0.6 is 11.8 Å². The Balaban J connectivity index is 1.33. The lowest BCUT2D eigenvalue weighted by molar-refractivity contribution is -0.210. The number of thioether (sulfide) groups is 1. The van der Waals surface area contributed by atoms with Crippen molar-refractivity contribution in [1.82, 2.24) is 10.6 Å². The second-order valence-corrected chi connectivity index (χ2v) is 16.8. The van der Waals surface area contributed by atoms with Crippen molar-refractivity contribution < 1.29 is 24.2 Å². The molecule has 0 unspecified atom stereocenters. The molecule has 8 atom stereocenters. The molecule has 0 aliphatic heterocycles. The van der Waals surface area contributed by atoms with Gasteiger partial charge in [-0.25, -0.2) is 0 Å². The molecule has 3 aliphatic carbocycles. The number of ketones is 1. The summed E-state index contributed by atoms with van der Waals surface area (Å²) in [5, 5.41) is 18.7. The van der Waals surface area contributed by atoms with E-state index in [1.165, 1.54) is 11.8 Å². The monoisotopic (exact) mass is 706 g/mol. The molecule has 0 saturated heterocycles. The number of carbonyl (C=O) groups excluding carboxylic acids is 3. The zero-order valence-corrected chi connectivity index (χ0v) is 31.2. The first-order valence-electron chi connectivity index (χ1n) is 18.4. The van der Waals surface area contributed by atoms with Crippen molar-refractivity contribution in [3.05, 3.63) is 65.2 Å². The van der Waals surface area contributed by atoms with Gasteiger partial charge in [0.1, 0.15) is 11.9 Å². The Hall–Kier alpha value is -2.76. The van der Waals surface area contributed by atoms with Gasteiger partial charge in [0.25, 0.3) is 0 Å². The van der Waals surface area contributed by atoms with Crippen LogP contribution in [-0.2, 0) is 38.6 Å². The Labute approximate surface area is 302 Å². The Morgan fingerprint density at radius 1 is 1.00 bits per heavy atom. The maximum Gasteiger partial charge on any atom is 0.316 e. The van der Waals surface area contributed by atoms with Gasteiger partial charge in [-0.1, -0.05) is 64.1 Å². The summed E-state index contributed by atoms with van der Waals surface area (Å²) in [4.78, 5) is 40.7. The molecule has 274 valence electrons. The third-order valence-corrected chi connectivity index (χ3v) is 13.6. The molecular formula is C40H58N4O5S. The highest BCUT2D eigenvalue weighted by Crippen LogP contribution is 2.67. The first-order valence-corrected chi connectivity index (χ1v) is 19.4. The fourth-order valence-electron chi connectivity index (χ4n) is 9.43. The van der Waals surface area contributed by atoms with Crippen LogP contribution in [0.2, 0.25) is 0 Å². The zero-order valence-electron chi connectivity index (χ0n) is 30.3. The third kappa shape index (κ3) is 7.99. The van der Waals surface area contributed by atoms with Crippen molar-refractivity contribution >= 4 is 29.4 Å². The minimum absolute atomic E-state index is 0.0419. The summed E-state index contributed by atoms with van der Waals surface area (Å²) in [6.07, 6.45) is 3.40. The van der Waals surface area contributed by atoms with Crippen molar-refractivity contribution in [2.45, 2.75) is 103 Å². The van der Waals surface area contributed by atoms with E-state index in [1.54, 1.807) is 0 Å². The van der Waals surface area contributed by atoms with Gasteiger partial charge in [-0.3, -0.25) is 14.4 Å². The molecule has 7 N–H and O–H groups in total. The van der Waals surface area contributed by atoms with Crippen molar-refractivity contribution in [1.29, 1.82) is 0 Å². The molecule has 9 nitrogen and oxygen atoms in total. The van der Waals surface area contributed by atoms with E-state index in [9.17, 15) is 19.5 Å². The van der Waals surface area contributed by atoms with Gasteiger partial charge in [0, 0.05) is 54.2 Å². The predicted molar refractivity (Wildman–Crippen MR) is 198 cm³/mol. The summed E-state index contributed by atoms with van der Waals surface area (Å²) in [6.45, 7) is 11.5. The van der Waals surface area contributed by atoms with Crippen molar-refractivity contribution in [2.24, 2.45) is 45.5 Å². The molecule has 50 heavy (non-hydrogen) atoms. The number of aliphatic hydroxyl groups is 1. The quantitative estimate of drug-likeness (QED) is 0.106. The minimum Gasteiger partial charge on any atom is -0.461 e. The summed E-state index contributed by atoms with van der Waals surface area (Å²) in [5.41, 5.74) is 12.9. The van der Waals surface area contributed by atoms with Crippen LogP contribution in [0.4, 0.5) is 0 Å². The number of hydrogen-bond donors (Lipinski definition) is 5. The van der Waals surface area contributed by atoms with E-state index in [0.29, 0.717) is 45.6 Å². The number of carbonyl (C=O) groups is 3. The van der Waals surface area contributed by atoms with Gasteiger partial charge in [-0.15, -0.1) is 11.8 Å². The number of rotatable bonds is 14. The second kappa shape index (κ2) is 16.3. The Morgan fingerprint density at radius 2 is 1.68 bits per heavy atom. The molecular weight excluding hydrogens is 649 g/mol. The smallest absolute Gasteiger partial charge is 0.316 e. The van der Waals surface area contributed by atoms with Gasteiger partial charge in [0.15, 0.2) is 0 Å². The lowest BCUT2D eigenvalue weighted by Crippen LogP contribution is -2.64. The van der Waals surface area contributed by atoms with Gasteiger partial charge in [-0.05, 0) is 84.7 Å². The summed E-state index contributed by atoms with van der Waals surface area (Å²) < 4.78 is 6.53. The van der Waals surface area contributed by atoms with E-state index in [2.05, 4.69) is 50.5 Å². The van der Waals surface area contributed by atoms with Crippen molar-refractivity contribution in [2.75, 3.05) is 25.4 Å². The minimum atomic E-state index is -0.683. The van der Waals surface area contributed by atoms with Crippen LogP contribution in [0.1, 0.15) is 82.9 Å². The average Bonchev–Trinajstić information content (AvgIpc) is 3.46. The molecule has 3 aliphatic rings. The van der Waals surface area contributed by atoms with Crippen LogP contribution in [0, 0.1) is 34.0 Å². The van der Waals surface area contributed by atoms with E-state index in [-0.39, 0.29) is 53.0 Å². The van der Waals surface area contributed by atoms with Crippen LogP contribution in [0.3, 0.4) is 0 Å². The number of nitrogens with two attached hydrogens (primary N) is 2. The van der Waals surface area contributed by atoms with Gasteiger partial charge in [-0.2, -0.15) is 0 Å². The third-order valence-electron chi connectivity index (χ3n) is 12.6. The average molecular weight is 707 g/mol. The number of amides is 1. The van der Waals surface area contributed by atoms with Crippen molar-refractivity contribution in [3.8, 4) is 0 Å². The van der Waals surface area contributed by atoms with Gasteiger partial charge < -0.3 is 31.9 Å². The molecule has 10 heteroatoms. The maximum absolute atomic E-state index is 13.8. The molecule has 1 amide bonds. The second-order valence-electron chi connectivity index (χ2n) is 15.7. The molecule has 3 saturated carbocycles. The normalized spacial score (nSPS) is 32.1. The lowest BCUT2D eigenvalue weighted by Gasteiger charge is -2.62. The number of hydrogen-bond acceptors (Lipinski definition) is 9. The standard InChI is InChI=1S/C40H58N4O5S/c1-26-14-16-40-17-15-32(45)36(40)39(26,4)33(21-38(3,37(48)27(40)2)25-43-23-30-8-6-29(22-42)7-9-30)49-35(47)24-50-31-12-10-28(11-13-31)20-34(46)44-19-5-18-41/h6-13,26-27,33,36-37,43,48H,5,14-25,41-42H2,1-4H3,(H,44,46)/t26-,27+,33-,36+,37+,38-,39+,40+/m1/s1. The molecule has 2 aromatic carbocycles. The topological polar surface area (TPSA) is 157 Å². The Kier molecular flexibility index (Phi) is 12.5. The van der Waals surface area contributed by atoms with E-state index >= 15 is 0 Å². The van der Waals surface area contributed by atoms with Gasteiger partial charge >= 0.3 is 5.97 Å². The largest absolute Gasteiger partial charge is 0.461 e. The highest BCUT2D eigenvalue weighted by Gasteiger charge is 2.68. The number of Topliss-reactive ketones (excluding diaryl/α,β-unsaturated/α-hetero) is 1. The van der Waals surface area contributed by atoms with Crippen LogP contribution in [0.15, 0.2) is 53.4 Å².